The highest BCUT2D eigenvalue weighted by molar-refractivity contribution is 6.31. The number of nitrogens with zero attached hydrogens (tertiary/aromatic N) is 3. The number of halogens is 4. The van der Waals surface area contributed by atoms with Crippen molar-refractivity contribution in [1.82, 2.24) is 20.2 Å². The first kappa shape index (κ1) is 32.8. The summed E-state index contributed by atoms with van der Waals surface area (Å²) in [5.41, 5.74) is 10.5. The van der Waals surface area contributed by atoms with E-state index in [0.29, 0.717) is 34.6 Å². The molecule has 11 heteroatoms. The van der Waals surface area contributed by atoms with Crippen molar-refractivity contribution in [3.63, 3.8) is 0 Å². The Labute approximate surface area is 228 Å². The molecular formula is C27H38ClF3N6O. The van der Waals surface area contributed by atoms with Gasteiger partial charge in [0.05, 0.1) is 17.4 Å². The molecule has 1 aliphatic heterocycles. The van der Waals surface area contributed by atoms with Gasteiger partial charge in [0.15, 0.2) is 5.82 Å². The van der Waals surface area contributed by atoms with Crippen LogP contribution in [-0.4, -0.2) is 46.1 Å². The van der Waals surface area contributed by atoms with Crippen LogP contribution in [-0.2, 0) is 0 Å². The topological polar surface area (TPSA) is 110 Å². The maximum Gasteiger partial charge on any atom is 0.430 e. The summed E-state index contributed by atoms with van der Waals surface area (Å²) in [7, 11) is 0. The van der Waals surface area contributed by atoms with Gasteiger partial charge in [-0.2, -0.15) is 13.2 Å². The van der Waals surface area contributed by atoms with Crippen LogP contribution >= 0.6 is 11.6 Å². The van der Waals surface area contributed by atoms with Gasteiger partial charge < -0.3 is 21.7 Å². The second-order valence-corrected chi connectivity index (χ2v) is 8.51. The molecule has 0 radical (unpaired) electrons. The molecule has 0 bridgehead atoms. The summed E-state index contributed by atoms with van der Waals surface area (Å²) in [6.07, 6.45) is 2.03. The Bertz CT molecular complexity index is 1080. The highest BCUT2D eigenvalue weighted by Gasteiger charge is 2.34. The number of amides is 1. The summed E-state index contributed by atoms with van der Waals surface area (Å²) in [5.74, 6) is 0.318. The number of likely N-dealkylation sites (tertiary alicyclic amines) is 1. The number of benzene rings is 1. The fourth-order valence-corrected chi connectivity index (χ4v) is 4.02. The monoisotopic (exact) mass is 554 g/mol. The van der Waals surface area contributed by atoms with Crippen LogP contribution in [0.25, 0.3) is 11.4 Å². The van der Waals surface area contributed by atoms with E-state index in [2.05, 4.69) is 15.3 Å². The summed E-state index contributed by atoms with van der Waals surface area (Å²) in [5, 5.41) is 3.32. The third kappa shape index (κ3) is 9.24. The van der Waals surface area contributed by atoms with Crippen molar-refractivity contribution in [1.29, 1.82) is 0 Å². The smallest absolute Gasteiger partial charge is 0.395 e. The van der Waals surface area contributed by atoms with Crippen molar-refractivity contribution in [2.24, 2.45) is 17.4 Å². The molecule has 5 N–H and O–H groups in total. The van der Waals surface area contributed by atoms with E-state index in [4.69, 9.17) is 23.1 Å². The molecule has 7 nitrogen and oxygen atoms in total. The van der Waals surface area contributed by atoms with Gasteiger partial charge in [0.2, 0.25) is 0 Å². The average molecular weight is 555 g/mol. The molecule has 2 aromatic rings. The van der Waals surface area contributed by atoms with Crippen LogP contribution < -0.4 is 16.8 Å². The molecule has 3 rings (SSSR count). The van der Waals surface area contributed by atoms with Gasteiger partial charge in [-0.25, -0.2) is 9.97 Å². The van der Waals surface area contributed by atoms with E-state index < -0.39 is 11.9 Å². The molecule has 1 amide bonds. The average Bonchev–Trinajstić information content (AvgIpc) is 2.92. The number of alkyl halides is 3. The molecular weight excluding hydrogens is 517 g/mol. The van der Waals surface area contributed by atoms with Crippen LogP contribution in [0.2, 0.25) is 5.02 Å². The zero-order valence-electron chi connectivity index (χ0n) is 22.5. The quantitative estimate of drug-likeness (QED) is 0.384. The molecule has 1 saturated heterocycles. The second-order valence-electron chi connectivity index (χ2n) is 8.07. The van der Waals surface area contributed by atoms with E-state index in [1.807, 2.05) is 34.6 Å². The van der Waals surface area contributed by atoms with Gasteiger partial charge >= 0.3 is 6.18 Å². The lowest BCUT2D eigenvalue weighted by Gasteiger charge is -2.40. The lowest BCUT2D eigenvalue weighted by Crippen LogP contribution is -2.52. The number of aromatic nitrogens is 2. The van der Waals surface area contributed by atoms with Crippen molar-refractivity contribution < 1.29 is 18.0 Å². The number of rotatable bonds is 6. The summed E-state index contributed by atoms with van der Waals surface area (Å²) in [4.78, 5) is 23.9. The Morgan fingerprint density at radius 1 is 1.16 bits per heavy atom. The molecule has 38 heavy (non-hydrogen) atoms. The van der Waals surface area contributed by atoms with E-state index in [0.717, 1.165) is 18.9 Å². The Morgan fingerprint density at radius 2 is 1.79 bits per heavy atom. The van der Waals surface area contributed by atoms with Crippen molar-refractivity contribution in [2.75, 3.05) is 13.1 Å². The largest absolute Gasteiger partial charge is 0.430 e. The van der Waals surface area contributed by atoms with E-state index in [9.17, 15) is 18.0 Å². The third-order valence-electron chi connectivity index (χ3n) is 5.68. The van der Waals surface area contributed by atoms with Crippen molar-refractivity contribution in [2.45, 2.75) is 59.7 Å². The lowest BCUT2D eigenvalue weighted by molar-refractivity contribution is -0.0926. The number of carbonyl (C=O) groups is 1. The van der Waals surface area contributed by atoms with Crippen LogP contribution in [0.15, 0.2) is 60.3 Å². The predicted molar refractivity (Wildman–Crippen MR) is 147 cm³/mol. The van der Waals surface area contributed by atoms with Gasteiger partial charge in [0.1, 0.15) is 5.70 Å². The highest BCUT2D eigenvalue weighted by Crippen LogP contribution is 2.29. The van der Waals surface area contributed by atoms with Crippen molar-refractivity contribution >= 4 is 17.5 Å². The van der Waals surface area contributed by atoms with E-state index in [1.54, 1.807) is 41.6 Å². The Morgan fingerprint density at radius 3 is 2.39 bits per heavy atom. The minimum Gasteiger partial charge on any atom is -0.395 e. The summed E-state index contributed by atoms with van der Waals surface area (Å²) in [6.45, 7) is 10.8. The molecule has 0 saturated carbocycles. The maximum atomic E-state index is 13.7. The Kier molecular flexibility index (Phi) is 13.7. The van der Waals surface area contributed by atoms with Crippen LogP contribution in [0.4, 0.5) is 13.2 Å². The molecule has 0 unspecified atom stereocenters. The SMILES string of the molecule is CC.CC.C[C@@H]1CCCN(C(=O)c2cc(Cl)ccc2-c2ncccn2)[C@@H]1CN/C(N)=C/C=C(\N)C(F)(F)F. The number of hydrogen-bond donors (Lipinski definition) is 3. The highest BCUT2D eigenvalue weighted by atomic mass is 35.5. The van der Waals surface area contributed by atoms with Gasteiger partial charge in [0, 0.05) is 36.1 Å². The van der Waals surface area contributed by atoms with Crippen LogP contribution in [0.3, 0.4) is 0 Å². The zero-order valence-corrected chi connectivity index (χ0v) is 23.3. The number of allylic oxidation sites excluding steroid dienone is 3. The Hall–Kier alpha value is -3.27. The van der Waals surface area contributed by atoms with E-state index in [1.165, 1.54) is 0 Å². The maximum absolute atomic E-state index is 13.7. The summed E-state index contributed by atoms with van der Waals surface area (Å²) >= 11 is 6.20. The van der Waals surface area contributed by atoms with Crippen molar-refractivity contribution in [3.8, 4) is 11.4 Å². The Balaban J connectivity index is 0.00000172. The number of nitrogens with two attached hydrogens (primary N) is 2. The van der Waals surface area contributed by atoms with Gasteiger partial charge in [-0.1, -0.05) is 46.2 Å². The summed E-state index contributed by atoms with van der Waals surface area (Å²) in [6, 6.07) is 6.42. The van der Waals surface area contributed by atoms with Crippen LogP contribution in [0.5, 0.6) is 0 Å². The first-order valence-electron chi connectivity index (χ1n) is 12.7. The predicted octanol–water partition coefficient (Wildman–Crippen LogP) is 5.88. The number of nitrogens with one attached hydrogen (secondary N) is 1. The van der Waals surface area contributed by atoms with Gasteiger partial charge in [-0.15, -0.1) is 0 Å². The minimum atomic E-state index is -4.63. The first-order chi connectivity index (χ1) is 18.1. The molecule has 0 aliphatic carbocycles. The molecule has 2 atom stereocenters. The number of piperidine rings is 1. The lowest BCUT2D eigenvalue weighted by atomic mass is 9.89. The molecule has 1 aromatic carbocycles. The molecule has 0 spiro atoms. The van der Waals surface area contributed by atoms with Gasteiger partial charge in [0.25, 0.3) is 5.91 Å². The molecule has 210 valence electrons. The fourth-order valence-electron chi connectivity index (χ4n) is 3.85. The fraction of sp³-hybridized carbons (Fsp3) is 0.444. The molecule has 1 fully saturated rings. The van der Waals surface area contributed by atoms with Crippen LogP contribution in [0.1, 0.15) is 57.8 Å². The van der Waals surface area contributed by atoms with E-state index in [-0.39, 0.29) is 30.2 Å². The second kappa shape index (κ2) is 15.9. The molecule has 1 aromatic heterocycles. The first-order valence-corrected chi connectivity index (χ1v) is 13.1. The van der Waals surface area contributed by atoms with Crippen LogP contribution in [0, 0.1) is 5.92 Å². The molecule has 2 heterocycles. The third-order valence-corrected chi connectivity index (χ3v) is 5.92. The van der Waals surface area contributed by atoms with Crippen molar-refractivity contribution in [3.05, 3.63) is 70.9 Å². The van der Waals surface area contributed by atoms with Gasteiger partial charge in [-0.05, 0) is 55.2 Å². The minimum absolute atomic E-state index is 0.0125. The van der Waals surface area contributed by atoms with E-state index >= 15 is 0 Å². The number of hydrogen-bond acceptors (Lipinski definition) is 6. The normalized spacial score (nSPS) is 18.0. The molecule has 1 aliphatic rings. The number of carbonyl (C=O) groups excluding carboxylic acids is 1. The summed E-state index contributed by atoms with van der Waals surface area (Å²) < 4.78 is 37.7. The zero-order chi connectivity index (χ0) is 28.9. The van der Waals surface area contributed by atoms with Gasteiger partial charge in [-0.3, -0.25) is 4.79 Å². The standard InChI is InChI=1S/C23H26ClF3N6O.2C2H6/c1-14-4-2-11-33(18(14)13-32-20(29)8-7-19(28)23(25,26)27)22(34)17-12-15(24)5-6-16(17)21-30-9-3-10-31-21;2*1-2/h3,5-10,12,14,18,32H,2,4,11,13,28-29H2,1H3;2*1-2H3/b19-7-,20-8+;;/t14-,18-;;/m1../s1.